The molecule has 6 heteroatoms. The molecule has 1 N–H and O–H groups in total. The number of fused-ring (bicyclic) bond motifs is 1. The minimum Gasteiger partial charge on any atom is -0.493 e. The van der Waals surface area contributed by atoms with E-state index in [0.717, 1.165) is 62.8 Å². The molecule has 0 saturated carbocycles. The van der Waals surface area contributed by atoms with Crippen LogP contribution in [0.3, 0.4) is 0 Å². The van der Waals surface area contributed by atoms with E-state index < -0.39 is 0 Å². The van der Waals surface area contributed by atoms with Crippen LogP contribution in [0.1, 0.15) is 16.7 Å². The number of piperazine rings is 1. The summed E-state index contributed by atoms with van der Waals surface area (Å²) in [6.45, 7) is 5.32. The maximum atomic E-state index is 12.6. The number of rotatable bonds is 5. The summed E-state index contributed by atoms with van der Waals surface area (Å²) in [7, 11) is 0. The Morgan fingerprint density at radius 1 is 1.13 bits per heavy atom. The lowest BCUT2D eigenvalue weighted by Crippen LogP contribution is -3.13. The number of ether oxygens (including phenoxy) is 1. The van der Waals surface area contributed by atoms with Crippen LogP contribution in [0.5, 0.6) is 5.75 Å². The Morgan fingerprint density at radius 3 is 2.81 bits per heavy atom. The van der Waals surface area contributed by atoms with Gasteiger partial charge in [-0.3, -0.25) is 4.79 Å². The minimum absolute atomic E-state index is 0.0705. The lowest BCUT2D eigenvalue weighted by molar-refractivity contribution is -0.917. The third-order valence-electron chi connectivity index (χ3n) is 6.03. The molecule has 2 aliphatic heterocycles. The number of hydrogen-bond acceptors (Lipinski definition) is 3. The summed E-state index contributed by atoms with van der Waals surface area (Å²) in [4.78, 5) is 16.1. The normalized spacial score (nSPS) is 16.5. The van der Waals surface area contributed by atoms with Crippen LogP contribution in [-0.4, -0.2) is 53.4 Å². The van der Waals surface area contributed by atoms with Crippen molar-refractivity contribution < 1.29 is 14.4 Å². The highest BCUT2D eigenvalue weighted by atomic mass is 16.5. The van der Waals surface area contributed by atoms with Crippen molar-refractivity contribution in [2.45, 2.75) is 13.0 Å². The van der Waals surface area contributed by atoms with E-state index in [1.807, 2.05) is 52.2 Å². The van der Waals surface area contributed by atoms with Crippen molar-refractivity contribution in [1.82, 2.24) is 14.7 Å². The molecule has 1 fully saturated rings. The number of amides is 1. The Kier molecular flexibility index (Phi) is 5.54. The van der Waals surface area contributed by atoms with E-state index in [-0.39, 0.29) is 5.91 Å². The van der Waals surface area contributed by atoms with Crippen LogP contribution in [0.4, 0.5) is 0 Å². The van der Waals surface area contributed by atoms with Gasteiger partial charge >= 0.3 is 0 Å². The zero-order chi connectivity index (χ0) is 21.0. The van der Waals surface area contributed by atoms with Crippen LogP contribution in [0.25, 0.3) is 11.8 Å². The second-order valence-corrected chi connectivity index (χ2v) is 8.18. The van der Waals surface area contributed by atoms with Crippen LogP contribution in [-0.2, 0) is 17.8 Å². The topological polar surface area (TPSA) is 51.8 Å². The number of carbonyl (C=O) groups is 1. The number of quaternary nitrogens is 1. The molecule has 1 aromatic heterocycles. The van der Waals surface area contributed by atoms with Crippen LogP contribution in [0.15, 0.2) is 67.0 Å². The van der Waals surface area contributed by atoms with Gasteiger partial charge in [-0.15, -0.1) is 0 Å². The van der Waals surface area contributed by atoms with Gasteiger partial charge in [0.15, 0.2) is 0 Å². The summed E-state index contributed by atoms with van der Waals surface area (Å²) >= 11 is 0. The second kappa shape index (κ2) is 8.78. The van der Waals surface area contributed by atoms with E-state index in [4.69, 9.17) is 4.74 Å². The first kappa shape index (κ1) is 19.6. The van der Waals surface area contributed by atoms with E-state index in [0.29, 0.717) is 0 Å². The van der Waals surface area contributed by atoms with Crippen LogP contribution in [0.2, 0.25) is 0 Å². The quantitative estimate of drug-likeness (QED) is 0.646. The zero-order valence-electron chi connectivity index (χ0n) is 17.5. The first-order valence-corrected chi connectivity index (χ1v) is 10.9. The van der Waals surface area contributed by atoms with Crippen LogP contribution in [0, 0.1) is 0 Å². The molecule has 0 radical (unpaired) electrons. The molecule has 2 aromatic carbocycles. The first-order chi connectivity index (χ1) is 15.2. The van der Waals surface area contributed by atoms with Crippen molar-refractivity contribution >= 4 is 12.0 Å². The summed E-state index contributed by atoms with van der Waals surface area (Å²) < 4.78 is 7.42. The third kappa shape index (κ3) is 4.54. The summed E-state index contributed by atoms with van der Waals surface area (Å²) in [6, 6.07) is 16.5. The fraction of sp³-hybridized carbons (Fsp3) is 0.280. The van der Waals surface area contributed by atoms with Gasteiger partial charge in [0.2, 0.25) is 5.91 Å². The van der Waals surface area contributed by atoms with Crippen molar-refractivity contribution in [2.75, 3.05) is 32.8 Å². The first-order valence-electron chi connectivity index (χ1n) is 10.9. The number of carbonyl (C=O) groups excluding carboxylic acids is 1. The van der Waals surface area contributed by atoms with Crippen LogP contribution < -0.4 is 9.64 Å². The van der Waals surface area contributed by atoms with E-state index >= 15 is 0 Å². The molecule has 0 atom stereocenters. The molecule has 5 rings (SSSR count). The summed E-state index contributed by atoms with van der Waals surface area (Å²) in [5.41, 5.74) is 4.60. The summed E-state index contributed by atoms with van der Waals surface area (Å²) in [6.07, 6.45) is 8.24. The zero-order valence-corrected chi connectivity index (χ0v) is 17.5. The van der Waals surface area contributed by atoms with Gasteiger partial charge in [-0.05, 0) is 42.0 Å². The van der Waals surface area contributed by atoms with Gasteiger partial charge in [-0.1, -0.05) is 18.2 Å². The number of aromatic nitrogens is 2. The van der Waals surface area contributed by atoms with Crippen molar-refractivity contribution in [3.63, 3.8) is 0 Å². The maximum absolute atomic E-state index is 12.6. The lowest BCUT2D eigenvalue weighted by Gasteiger charge is -2.31. The third-order valence-corrected chi connectivity index (χ3v) is 6.03. The smallest absolute Gasteiger partial charge is 0.246 e. The molecule has 31 heavy (non-hydrogen) atoms. The Morgan fingerprint density at radius 2 is 1.97 bits per heavy atom. The van der Waals surface area contributed by atoms with E-state index in [1.165, 1.54) is 16.0 Å². The maximum Gasteiger partial charge on any atom is 0.246 e. The molecule has 3 aromatic rings. The van der Waals surface area contributed by atoms with E-state index in [9.17, 15) is 4.79 Å². The van der Waals surface area contributed by atoms with Crippen molar-refractivity contribution in [3.05, 3.63) is 83.7 Å². The minimum atomic E-state index is 0.0705. The molecule has 3 heterocycles. The van der Waals surface area contributed by atoms with Gasteiger partial charge < -0.3 is 14.5 Å². The molecule has 2 aliphatic rings. The Labute approximate surface area is 182 Å². The Balaban J connectivity index is 1.13. The SMILES string of the molecule is O=C(/C=C/c1cnn(-c2ccccc2)c1)N1CC[NH+](Cc2ccc3c(c2)CCO3)CC1. The highest BCUT2D eigenvalue weighted by Crippen LogP contribution is 2.25. The molecule has 6 nitrogen and oxygen atoms in total. The standard InChI is InChI=1S/C25H26N4O2/c30-25(9-7-21-17-26-29(19-21)23-4-2-1-3-5-23)28-13-11-27(12-14-28)18-20-6-8-24-22(16-20)10-15-31-24/h1-9,16-17,19H,10-15,18H2/p+1/b9-7+. The Bertz CT molecular complexity index is 1080. The highest BCUT2D eigenvalue weighted by molar-refractivity contribution is 5.91. The van der Waals surface area contributed by atoms with E-state index in [2.05, 4.69) is 23.3 Å². The Hall–Kier alpha value is -3.38. The summed E-state index contributed by atoms with van der Waals surface area (Å²) in [5, 5.41) is 4.38. The molecule has 1 amide bonds. The molecule has 1 saturated heterocycles. The number of hydrogen-bond donors (Lipinski definition) is 1. The number of nitrogens with zero attached hydrogens (tertiary/aromatic N) is 3. The van der Waals surface area contributed by atoms with Crippen LogP contribution >= 0.6 is 0 Å². The molecule has 0 bridgehead atoms. The van der Waals surface area contributed by atoms with Crippen molar-refractivity contribution in [3.8, 4) is 11.4 Å². The van der Waals surface area contributed by atoms with E-state index in [1.54, 1.807) is 12.3 Å². The molecule has 0 spiro atoms. The predicted molar refractivity (Wildman–Crippen MR) is 119 cm³/mol. The molecular formula is C25H27N4O2+. The fourth-order valence-electron chi connectivity index (χ4n) is 4.28. The monoisotopic (exact) mass is 415 g/mol. The molecular weight excluding hydrogens is 388 g/mol. The van der Waals surface area contributed by atoms with Gasteiger partial charge in [0, 0.05) is 29.8 Å². The molecule has 0 unspecified atom stereocenters. The summed E-state index contributed by atoms with van der Waals surface area (Å²) in [5.74, 6) is 1.11. The molecule has 0 aliphatic carbocycles. The number of para-hydroxylation sites is 1. The largest absolute Gasteiger partial charge is 0.493 e. The van der Waals surface area contributed by atoms with Gasteiger partial charge in [0.05, 0.1) is 44.7 Å². The average Bonchev–Trinajstić information content (AvgIpc) is 3.48. The fourth-order valence-corrected chi connectivity index (χ4v) is 4.28. The number of benzene rings is 2. The van der Waals surface area contributed by atoms with Gasteiger partial charge in [-0.25, -0.2) is 4.68 Å². The average molecular weight is 416 g/mol. The lowest BCUT2D eigenvalue weighted by atomic mass is 10.1. The predicted octanol–water partition coefficient (Wildman–Crippen LogP) is 1.75. The molecule has 158 valence electrons. The van der Waals surface area contributed by atoms with Gasteiger partial charge in [0.1, 0.15) is 12.3 Å². The highest BCUT2D eigenvalue weighted by Gasteiger charge is 2.23. The number of nitrogens with one attached hydrogen (secondary N) is 1. The second-order valence-electron chi connectivity index (χ2n) is 8.18. The van der Waals surface area contributed by atoms with Crippen molar-refractivity contribution in [2.24, 2.45) is 0 Å². The van der Waals surface area contributed by atoms with Crippen molar-refractivity contribution in [1.29, 1.82) is 0 Å². The van der Waals surface area contributed by atoms with Gasteiger partial charge in [0.25, 0.3) is 0 Å². The van der Waals surface area contributed by atoms with Gasteiger partial charge in [-0.2, -0.15) is 5.10 Å².